The third kappa shape index (κ3) is 3.82. The van der Waals surface area contributed by atoms with Crippen molar-refractivity contribution in [2.24, 2.45) is 0 Å². The summed E-state index contributed by atoms with van der Waals surface area (Å²) in [6, 6.07) is 5.33. The van der Waals surface area contributed by atoms with Crippen LogP contribution in [0.5, 0.6) is 0 Å². The fourth-order valence-corrected chi connectivity index (χ4v) is 3.39. The molecule has 2 aliphatic heterocycles. The minimum atomic E-state index is -0.354. The number of nitrogens with zero attached hydrogens (tertiary/aromatic N) is 1. The van der Waals surface area contributed by atoms with E-state index >= 15 is 0 Å². The van der Waals surface area contributed by atoms with Crippen LogP contribution >= 0.6 is 15.9 Å². The van der Waals surface area contributed by atoms with E-state index in [-0.39, 0.29) is 11.8 Å². The number of likely N-dealkylation sites (tertiary alicyclic amines) is 1. The number of carbonyl (C=O) groups excluding carboxylic acids is 2. The van der Waals surface area contributed by atoms with Crippen LogP contribution in [0.1, 0.15) is 35.2 Å². The van der Waals surface area contributed by atoms with Gasteiger partial charge in [-0.25, -0.2) is 0 Å². The number of hydrogen-bond acceptors (Lipinski definition) is 4. The van der Waals surface area contributed by atoms with Gasteiger partial charge in [0, 0.05) is 28.3 Å². The number of benzene rings is 1. The molecule has 2 heterocycles. The summed E-state index contributed by atoms with van der Waals surface area (Å²) >= 11 is 3.39. The van der Waals surface area contributed by atoms with Gasteiger partial charge in [0.1, 0.15) is 0 Å². The fraction of sp³-hybridized carbons (Fsp3) is 0.412. The predicted octanol–water partition coefficient (Wildman–Crippen LogP) is 2.14. The molecule has 5 nitrogen and oxygen atoms in total. The maximum absolute atomic E-state index is 12.1. The van der Waals surface area contributed by atoms with E-state index in [0.717, 1.165) is 24.0 Å². The summed E-state index contributed by atoms with van der Waals surface area (Å²) < 4.78 is 0.846. The minimum Gasteiger partial charge on any atom is -0.390 e. The second-order valence-corrected chi connectivity index (χ2v) is 6.80. The highest BCUT2D eigenvalue weighted by Gasteiger charge is 2.27. The number of imide groups is 1. The lowest BCUT2D eigenvalue weighted by Gasteiger charge is -2.19. The van der Waals surface area contributed by atoms with Crippen LogP contribution in [-0.4, -0.2) is 42.9 Å². The van der Waals surface area contributed by atoms with Crippen LogP contribution in [0.4, 0.5) is 0 Å². The number of amides is 2. The van der Waals surface area contributed by atoms with Crippen molar-refractivity contribution in [2.45, 2.75) is 19.3 Å². The molecule has 0 spiro atoms. The molecule has 0 aromatic heterocycles. The van der Waals surface area contributed by atoms with Crippen molar-refractivity contribution in [2.75, 3.05) is 26.2 Å². The fourth-order valence-electron chi connectivity index (χ4n) is 3.03. The Hall–Kier alpha value is -1.66. The van der Waals surface area contributed by atoms with Gasteiger partial charge < -0.3 is 10.2 Å². The Morgan fingerprint density at radius 1 is 1.17 bits per heavy atom. The molecule has 0 atom stereocenters. The SMILES string of the molecule is O=C1NC(=O)c2ccc(Br)cc2/C1=C\NCCCN1CCCC1. The molecular formula is C17H20BrN3O2. The number of carbonyl (C=O) groups is 2. The van der Waals surface area contributed by atoms with Crippen LogP contribution in [0, 0.1) is 0 Å². The molecule has 23 heavy (non-hydrogen) atoms. The number of hydrogen-bond donors (Lipinski definition) is 2. The molecule has 6 heteroatoms. The zero-order chi connectivity index (χ0) is 16.2. The topological polar surface area (TPSA) is 61.4 Å². The van der Waals surface area contributed by atoms with Crippen LogP contribution in [0.25, 0.3) is 5.57 Å². The largest absolute Gasteiger partial charge is 0.390 e. The summed E-state index contributed by atoms with van der Waals surface area (Å²) in [5.41, 5.74) is 1.69. The van der Waals surface area contributed by atoms with Gasteiger partial charge in [0.05, 0.1) is 5.57 Å². The molecule has 1 saturated heterocycles. The molecule has 0 saturated carbocycles. The average Bonchev–Trinajstić information content (AvgIpc) is 3.02. The minimum absolute atomic E-state index is 0.344. The predicted molar refractivity (Wildman–Crippen MR) is 92.9 cm³/mol. The molecule has 0 unspecified atom stereocenters. The van der Waals surface area contributed by atoms with Gasteiger partial charge in [-0.1, -0.05) is 15.9 Å². The van der Waals surface area contributed by atoms with Crippen molar-refractivity contribution in [3.8, 4) is 0 Å². The summed E-state index contributed by atoms with van der Waals surface area (Å²) in [5, 5.41) is 5.59. The second-order valence-electron chi connectivity index (χ2n) is 5.89. The zero-order valence-corrected chi connectivity index (χ0v) is 14.5. The van der Waals surface area contributed by atoms with Gasteiger partial charge in [-0.15, -0.1) is 0 Å². The van der Waals surface area contributed by atoms with Crippen molar-refractivity contribution in [1.82, 2.24) is 15.5 Å². The van der Waals surface area contributed by atoms with Gasteiger partial charge in [0.25, 0.3) is 11.8 Å². The summed E-state index contributed by atoms with van der Waals surface area (Å²) in [6.07, 6.45) is 5.36. The van der Waals surface area contributed by atoms with Crippen LogP contribution in [0.3, 0.4) is 0 Å². The van der Waals surface area contributed by atoms with Gasteiger partial charge in [0.2, 0.25) is 0 Å². The van der Waals surface area contributed by atoms with E-state index in [4.69, 9.17) is 0 Å². The third-order valence-corrected chi connectivity index (χ3v) is 4.72. The van der Waals surface area contributed by atoms with Crippen molar-refractivity contribution in [1.29, 1.82) is 0 Å². The normalized spacial score (nSPS) is 19.8. The molecule has 2 N–H and O–H groups in total. The molecule has 2 amide bonds. The Balaban J connectivity index is 1.64. The Labute approximate surface area is 144 Å². The number of fused-ring (bicyclic) bond motifs is 1. The van der Waals surface area contributed by atoms with Crippen molar-refractivity contribution >= 4 is 33.3 Å². The molecular weight excluding hydrogens is 358 g/mol. The lowest BCUT2D eigenvalue weighted by molar-refractivity contribution is -0.114. The second kappa shape index (κ2) is 7.27. The van der Waals surface area contributed by atoms with Crippen LogP contribution < -0.4 is 10.6 Å². The molecule has 0 radical (unpaired) electrons. The Morgan fingerprint density at radius 2 is 1.96 bits per heavy atom. The van der Waals surface area contributed by atoms with Crippen molar-refractivity contribution in [3.63, 3.8) is 0 Å². The lowest BCUT2D eigenvalue weighted by Crippen LogP contribution is -2.37. The molecule has 1 aromatic rings. The van der Waals surface area contributed by atoms with Gasteiger partial charge in [-0.3, -0.25) is 14.9 Å². The standard InChI is InChI=1S/C17H20BrN3O2/c18-12-4-5-13-14(10-12)15(17(23)20-16(13)22)11-19-6-3-9-21-7-1-2-8-21/h4-5,10-11,19H,1-3,6-9H2,(H,20,22,23)/b15-11+. The number of halogens is 1. The van der Waals surface area contributed by atoms with Crippen LogP contribution in [0.15, 0.2) is 28.9 Å². The van der Waals surface area contributed by atoms with E-state index < -0.39 is 0 Å². The van der Waals surface area contributed by atoms with E-state index in [2.05, 4.69) is 31.5 Å². The van der Waals surface area contributed by atoms with Gasteiger partial charge in [-0.2, -0.15) is 0 Å². The summed E-state index contributed by atoms with van der Waals surface area (Å²) in [5.74, 6) is -0.698. The van der Waals surface area contributed by atoms with Crippen molar-refractivity contribution < 1.29 is 9.59 Å². The van der Waals surface area contributed by atoms with E-state index in [1.54, 1.807) is 18.3 Å². The van der Waals surface area contributed by atoms with Crippen molar-refractivity contribution in [3.05, 3.63) is 40.0 Å². The highest BCUT2D eigenvalue weighted by molar-refractivity contribution is 9.10. The Bertz CT molecular complexity index is 651. The summed E-state index contributed by atoms with van der Waals surface area (Å²) in [4.78, 5) is 26.4. The first-order valence-electron chi connectivity index (χ1n) is 7.96. The number of rotatable bonds is 5. The van der Waals surface area contributed by atoms with E-state index in [9.17, 15) is 9.59 Å². The molecule has 122 valence electrons. The Kier molecular flexibility index (Phi) is 5.13. The van der Waals surface area contributed by atoms with Crippen LogP contribution in [0.2, 0.25) is 0 Å². The molecule has 2 aliphatic rings. The quantitative estimate of drug-likeness (QED) is 0.468. The Morgan fingerprint density at radius 3 is 2.74 bits per heavy atom. The molecule has 0 bridgehead atoms. The lowest BCUT2D eigenvalue weighted by atomic mass is 9.96. The molecule has 0 aliphatic carbocycles. The van der Waals surface area contributed by atoms with Gasteiger partial charge >= 0.3 is 0 Å². The van der Waals surface area contributed by atoms with E-state index in [1.807, 2.05) is 6.07 Å². The zero-order valence-electron chi connectivity index (χ0n) is 12.9. The number of nitrogens with one attached hydrogen (secondary N) is 2. The van der Waals surface area contributed by atoms with Gasteiger partial charge in [-0.05, 0) is 57.1 Å². The maximum atomic E-state index is 12.1. The smallest absolute Gasteiger partial charge is 0.260 e. The van der Waals surface area contributed by atoms with E-state index in [0.29, 0.717) is 16.7 Å². The highest BCUT2D eigenvalue weighted by atomic mass is 79.9. The van der Waals surface area contributed by atoms with E-state index in [1.165, 1.54) is 25.9 Å². The van der Waals surface area contributed by atoms with Gasteiger partial charge in [0.15, 0.2) is 0 Å². The maximum Gasteiger partial charge on any atom is 0.260 e. The average molecular weight is 378 g/mol. The molecule has 1 fully saturated rings. The first-order chi connectivity index (χ1) is 11.1. The first kappa shape index (κ1) is 16.2. The third-order valence-electron chi connectivity index (χ3n) is 4.23. The molecule has 3 rings (SSSR count). The summed E-state index contributed by atoms with van der Waals surface area (Å²) in [6.45, 7) is 4.30. The highest BCUT2D eigenvalue weighted by Crippen LogP contribution is 2.26. The summed E-state index contributed by atoms with van der Waals surface area (Å²) in [7, 11) is 0. The first-order valence-corrected chi connectivity index (χ1v) is 8.76. The van der Waals surface area contributed by atoms with Crippen LogP contribution in [-0.2, 0) is 4.79 Å². The molecule has 1 aromatic carbocycles. The monoisotopic (exact) mass is 377 g/mol.